The lowest BCUT2D eigenvalue weighted by Crippen LogP contribution is -2.59. The van der Waals surface area contributed by atoms with Gasteiger partial charge in [0.25, 0.3) is 10.2 Å². The van der Waals surface area contributed by atoms with Gasteiger partial charge in [-0.1, -0.05) is 20.3 Å². The third-order valence-electron chi connectivity index (χ3n) is 5.34. The normalized spacial score (nSPS) is 35.8. The van der Waals surface area contributed by atoms with Gasteiger partial charge in [-0.05, 0) is 50.4 Å². The van der Waals surface area contributed by atoms with Crippen molar-refractivity contribution in [3.05, 3.63) is 0 Å². The highest BCUT2D eigenvalue weighted by Crippen LogP contribution is 2.34. The fourth-order valence-electron chi connectivity index (χ4n) is 3.69. The highest BCUT2D eigenvalue weighted by atomic mass is 32.2. The minimum atomic E-state index is -3.41. The van der Waals surface area contributed by atoms with Crippen molar-refractivity contribution in [3.8, 4) is 0 Å². The van der Waals surface area contributed by atoms with E-state index in [-0.39, 0.29) is 0 Å². The molecule has 0 spiro atoms. The van der Waals surface area contributed by atoms with Crippen molar-refractivity contribution < 1.29 is 8.42 Å². The van der Waals surface area contributed by atoms with Gasteiger partial charge in [0.2, 0.25) is 0 Å². The molecule has 1 saturated carbocycles. The van der Waals surface area contributed by atoms with Crippen LogP contribution in [0.4, 0.5) is 0 Å². The predicted molar refractivity (Wildman–Crippen MR) is 86.1 cm³/mol. The lowest BCUT2D eigenvalue weighted by molar-refractivity contribution is 0.208. The second-order valence-corrected chi connectivity index (χ2v) is 8.72. The molecule has 1 heterocycles. The van der Waals surface area contributed by atoms with E-state index in [1.807, 2.05) is 0 Å². The van der Waals surface area contributed by atoms with Crippen LogP contribution in [0, 0.1) is 11.8 Å². The van der Waals surface area contributed by atoms with Crippen LogP contribution >= 0.6 is 0 Å². The Morgan fingerprint density at radius 3 is 2.48 bits per heavy atom. The number of nitrogens with one attached hydrogen (secondary N) is 1. The summed E-state index contributed by atoms with van der Waals surface area (Å²) in [6.45, 7) is 5.99. The Labute approximate surface area is 129 Å². The van der Waals surface area contributed by atoms with Crippen molar-refractivity contribution in [1.82, 2.24) is 9.03 Å². The van der Waals surface area contributed by atoms with Gasteiger partial charge in [-0.3, -0.25) is 0 Å². The van der Waals surface area contributed by atoms with E-state index in [1.54, 1.807) is 4.31 Å². The third-order valence-corrected chi connectivity index (χ3v) is 7.04. The van der Waals surface area contributed by atoms with E-state index in [0.29, 0.717) is 25.6 Å². The molecule has 2 aliphatic rings. The number of piperidine rings is 1. The van der Waals surface area contributed by atoms with Gasteiger partial charge in [0.15, 0.2) is 0 Å². The Morgan fingerprint density at radius 1 is 1.29 bits per heavy atom. The maximum Gasteiger partial charge on any atom is 0.280 e. The molecule has 0 aromatic carbocycles. The second kappa shape index (κ2) is 6.94. The van der Waals surface area contributed by atoms with Crippen LogP contribution in [0.3, 0.4) is 0 Å². The van der Waals surface area contributed by atoms with Crippen LogP contribution in [0.1, 0.15) is 58.8 Å². The molecule has 3 N–H and O–H groups in total. The maximum atomic E-state index is 12.7. The van der Waals surface area contributed by atoms with Crippen LogP contribution in [-0.2, 0) is 10.2 Å². The zero-order chi connectivity index (χ0) is 15.5. The third kappa shape index (κ3) is 4.18. The predicted octanol–water partition coefficient (Wildman–Crippen LogP) is 1.85. The zero-order valence-corrected chi connectivity index (χ0v) is 14.3. The van der Waals surface area contributed by atoms with Crippen LogP contribution < -0.4 is 10.5 Å². The molecule has 0 aromatic rings. The van der Waals surface area contributed by atoms with Crippen molar-refractivity contribution in [1.29, 1.82) is 0 Å². The monoisotopic (exact) mass is 317 g/mol. The molecule has 1 unspecified atom stereocenters. The minimum absolute atomic E-state index is 0.395. The van der Waals surface area contributed by atoms with Crippen molar-refractivity contribution in [2.45, 2.75) is 64.3 Å². The fraction of sp³-hybridized carbons (Fsp3) is 1.00. The van der Waals surface area contributed by atoms with Gasteiger partial charge in [-0.25, -0.2) is 0 Å². The lowest BCUT2D eigenvalue weighted by Gasteiger charge is -2.41. The SMILES string of the molecule is CCC1CCC(CN)(NS(=O)(=O)N2CCCC(C)C2)CC1. The van der Waals surface area contributed by atoms with Gasteiger partial charge < -0.3 is 5.73 Å². The van der Waals surface area contributed by atoms with Crippen LogP contribution in [0.5, 0.6) is 0 Å². The molecule has 0 radical (unpaired) electrons. The molecule has 0 aromatic heterocycles. The van der Waals surface area contributed by atoms with E-state index in [9.17, 15) is 8.42 Å². The summed E-state index contributed by atoms with van der Waals surface area (Å²) in [6.07, 6.45) is 7.13. The lowest BCUT2D eigenvalue weighted by atomic mass is 9.76. The largest absolute Gasteiger partial charge is 0.329 e. The zero-order valence-electron chi connectivity index (χ0n) is 13.5. The number of hydrogen-bond donors (Lipinski definition) is 2. The van der Waals surface area contributed by atoms with Gasteiger partial charge in [0, 0.05) is 25.2 Å². The van der Waals surface area contributed by atoms with Gasteiger partial charge in [0.05, 0.1) is 0 Å². The van der Waals surface area contributed by atoms with Crippen LogP contribution in [0.15, 0.2) is 0 Å². The van der Waals surface area contributed by atoms with Crippen molar-refractivity contribution in [2.75, 3.05) is 19.6 Å². The summed E-state index contributed by atoms with van der Waals surface area (Å²) >= 11 is 0. The molecule has 5 nitrogen and oxygen atoms in total. The molecule has 0 amide bonds. The van der Waals surface area contributed by atoms with Crippen molar-refractivity contribution >= 4 is 10.2 Å². The average Bonchev–Trinajstić information content (AvgIpc) is 2.47. The topological polar surface area (TPSA) is 75.4 Å². The molecule has 0 bridgehead atoms. The Morgan fingerprint density at radius 2 is 1.95 bits per heavy atom. The summed E-state index contributed by atoms with van der Waals surface area (Å²) < 4.78 is 29.9. The molecule has 6 heteroatoms. The Kier molecular flexibility index (Phi) is 5.68. The van der Waals surface area contributed by atoms with E-state index in [0.717, 1.165) is 44.4 Å². The van der Waals surface area contributed by atoms with Gasteiger partial charge in [-0.15, -0.1) is 0 Å². The molecule has 21 heavy (non-hydrogen) atoms. The highest BCUT2D eigenvalue weighted by Gasteiger charge is 2.39. The summed E-state index contributed by atoms with van der Waals surface area (Å²) in [7, 11) is -3.41. The molecule has 2 fully saturated rings. The first kappa shape index (κ1) is 17.2. The average molecular weight is 317 g/mol. The highest BCUT2D eigenvalue weighted by molar-refractivity contribution is 7.87. The van der Waals surface area contributed by atoms with Crippen LogP contribution in [0.25, 0.3) is 0 Å². The van der Waals surface area contributed by atoms with E-state index in [4.69, 9.17) is 5.73 Å². The van der Waals surface area contributed by atoms with Gasteiger partial charge in [-0.2, -0.15) is 17.4 Å². The molecular weight excluding hydrogens is 286 g/mol. The molecule has 1 saturated heterocycles. The molecule has 2 rings (SSSR count). The quantitative estimate of drug-likeness (QED) is 0.812. The Balaban J connectivity index is 2.03. The van der Waals surface area contributed by atoms with Crippen molar-refractivity contribution in [3.63, 3.8) is 0 Å². The number of nitrogens with two attached hydrogens (primary N) is 1. The molecular formula is C15H31N3O2S. The summed E-state index contributed by atoms with van der Waals surface area (Å²) in [6, 6.07) is 0. The van der Waals surface area contributed by atoms with E-state index in [1.165, 1.54) is 6.42 Å². The van der Waals surface area contributed by atoms with Crippen LogP contribution in [-0.4, -0.2) is 37.9 Å². The van der Waals surface area contributed by atoms with E-state index < -0.39 is 15.7 Å². The molecule has 124 valence electrons. The smallest absolute Gasteiger partial charge is 0.280 e. The second-order valence-electron chi connectivity index (χ2n) is 7.05. The first-order valence-electron chi connectivity index (χ1n) is 8.40. The standard InChI is InChI=1S/C15H31N3O2S/c1-3-14-6-8-15(12-16,9-7-14)17-21(19,20)18-10-4-5-13(2)11-18/h13-14,17H,3-12,16H2,1-2H3. The van der Waals surface area contributed by atoms with E-state index in [2.05, 4.69) is 18.6 Å². The summed E-state index contributed by atoms with van der Waals surface area (Å²) in [5, 5.41) is 0. The first-order valence-corrected chi connectivity index (χ1v) is 9.84. The summed E-state index contributed by atoms with van der Waals surface area (Å²) in [5.41, 5.74) is 5.52. The maximum absolute atomic E-state index is 12.7. The number of nitrogens with zero attached hydrogens (tertiary/aromatic N) is 1. The first-order chi connectivity index (χ1) is 9.91. The van der Waals surface area contributed by atoms with E-state index >= 15 is 0 Å². The molecule has 1 aliphatic heterocycles. The molecule has 1 atom stereocenters. The number of rotatable bonds is 5. The summed E-state index contributed by atoms with van der Waals surface area (Å²) in [5.74, 6) is 1.17. The van der Waals surface area contributed by atoms with Gasteiger partial charge >= 0.3 is 0 Å². The Bertz CT molecular complexity index is 430. The van der Waals surface area contributed by atoms with Gasteiger partial charge in [0.1, 0.15) is 0 Å². The van der Waals surface area contributed by atoms with Crippen molar-refractivity contribution in [2.24, 2.45) is 17.6 Å². The summed E-state index contributed by atoms with van der Waals surface area (Å²) in [4.78, 5) is 0. The fourth-order valence-corrected chi connectivity index (χ4v) is 5.47. The Hall–Kier alpha value is -0.170. The van der Waals surface area contributed by atoms with Crippen LogP contribution in [0.2, 0.25) is 0 Å². The minimum Gasteiger partial charge on any atom is -0.329 e. The number of hydrogen-bond acceptors (Lipinski definition) is 3. The molecule has 1 aliphatic carbocycles.